The summed E-state index contributed by atoms with van der Waals surface area (Å²) in [6.07, 6.45) is 3.47. The van der Waals surface area contributed by atoms with Crippen molar-refractivity contribution >= 4 is 15.9 Å². The zero-order valence-corrected chi connectivity index (χ0v) is 12.0. The first-order valence-corrected chi connectivity index (χ1v) is 7.85. The van der Waals surface area contributed by atoms with E-state index < -0.39 is 9.84 Å². The van der Waals surface area contributed by atoms with Crippen LogP contribution in [-0.4, -0.2) is 21.3 Å². The third-order valence-corrected chi connectivity index (χ3v) is 4.47. The zero-order valence-electron chi connectivity index (χ0n) is 11.2. The normalized spacial score (nSPS) is 11.7. The van der Waals surface area contributed by atoms with E-state index in [4.69, 9.17) is 4.74 Å². The van der Waals surface area contributed by atoms with Gasteiger partial charge in [-0.2, -0.15) is 0 Å². The lowest BCUT2D eigenvalue weighted by Gasteiger charge is -2.03. The first kappa shape index (κ1) is 14.3. The predicted molar refractivity (Wildman–Crippen MR) is 80.5 cm³/mol. The fourth-order valence-electron chi connectivity index (χ4n) is 1.75. The molecule has 2 aromatic rings. The van der Waals surface area contributed by atoms with Gasteiger partial charge in [0, 0.05) is 0 Å². The Kier molecular flexibility index (Phi) is 4.58. The van der Waals surface area contributed by atoms with Gasteiger partial charge in [-0.15, -0.1) is 0 Å². The van der Waals surface area contributed by atoms with E-state index in [1.165, 1.54) is 0 Å². The number of hydrogen-bond donors (Lipinski definition) is 0. The summed E-state index contributed by atoms with van der Waals surface area (Å²) in [5.74, 6) is 0.623. The Morgan fingerprint density at radius 3 is 2.25 bits per heavy atom. The van der Waals surface area contributed by atoms with Gasteiger partial charge in [0.05, 0.1) is 17.8 Å². The molecule has 0 bridgehead atoms. The first-order valence-electron chi connectivity index (χ1n) is 6.20. The second-order valence-electron chi connectivity index (χ2n) is 4.27. The molecule has 0 fully saturated rings. The molecule has 0 aromatic heterocycles. The van der Waals surface area contributed by atoms with E-state index in [9.17, 15) is 8.42 Å². The van der Waals surface area contributed by atoms with E-state index in [0.717, 1.165) is 5.56 Å². The molecule has 0 aliphatic carbocycles. The van der Waals surface area contributed by atoms with Crippen molar-refractivity contribution in [3.05, 3.63) is 66.2 Å². The van der Waals surface area contributed by atoms with Crippen LogP contribution in [0.3, 0.4) is 0 Å². The molecule has 3 nitrogen and oxygen atoms in total. The quantitative estimate of drug-likeness (QED) is 0.848. The van der Waals surface area contributed by atoms with Crippen molar-refractivity contribution in [1.29, 1.82) is 0 Å². The summed E-state index contributed by atoms with van der Waals surface area (Å²) in [4.78, 5) is 0.302. The van der Waals surface area contributed by atoms with Gasteiger partial charge in [0.2, 0.25) is 0 Å². The second kappa shape index (κ2) is 6.39. The zero-order chi connectivity index (χ0) is 14.4. The van der Waals surface area contributed by atoms with Crippen molar-refractivity contribution in [2.75, 3.05) is 12.9 Å². The summed E-state index contributed by atoms with van der Waals surface area (Å²) in [6.45, 7) is 0. The average Bonchev–Trinajstić information content (AvgIpc) is 2.48. The Hall–Kier alpha value is -2.07. The lowest BCUT2D eigenvalue weighted by Crippen LogP contribution is -2.04. The van der Waals surface area contributed by atoms with Crippen molar-refractivity contribution in [2.45, 2.75) is 4.90 Å². The van der Waals surface area contributed by atoms with Crippen molar-refractivity contribution in [2.24, 2.45) is 0 Å². The van der Waals surface area contributed by atoms with Crippen LogP contribution in [-0.2, 0) is 9.84 Å². The molecule has 0 radical (unpaired) electrons. The van der Waals surface area contributed by atoms with Crippen LogP contribution >= 0.6 is 0 Å². The van der Waals surface area contributed by atoms with E-state index in [1.807, 2.05) is 30.3 Å². The fourth-order valence-corrected chi connectivity index (χ4v) is 2.85. The van der Waals surface area contributed by atoms with Crippen LogP contribution in [0.1, 0.15) is 5.56 Å². The van der Waals surface area contributed by atoms with Gasteiger partial charge in [0.1, 0.15) is 5.75 Å². The number of hydrogen-bond acceptors (Lipinski definition) is 3. The van der Waals surface area contributed by atoms with Gasteiger partial charge in [-0.05, 0) is 29.8 Å². The van der Waals surface area contributed by atoms with Crippen molar-refractivity contribution < 1.29 is 13.2 Å². The lowest BCUT2D eigenvalue weighted by atomic mass is 10.2. The van der Waals surface area contributed by atoms with Crippen LogP contribution in [0.2, 0.25) is 0 Å². The van der Waals surface area contributed by atoms with Gasteiger partial charge in [-0.1, -0.05) is 42.5 Å². The van der Waals surface area contributed by atoms with E-state index in [1.54, 1.807) is 43.5 Å². The standard InChI is InChI=1S/C16H16O3S/c1-19-15-9-11-16(12-10-15)20(17,18)13-5-8-14-6-3-2-4-7-14/h2-12H,13H2,1H3/b8-5+. The summed E-state index contributed by atoms with van der Waals surface area (Å²) in [7, 11) is -1.75. The minimum atomic E-state index is -3.30. The summed E-state index contributed by atoms with van der Waals surface area (Å²) in [6, 6.07) is 16.0. The Balaban J connectivity index is 2.09. The molecule has 0 amide bonds. The monoisotopic (exact) mass is 288 g/mol. The Labute approximate surface area is 119 Å². The van der Waals surface area contributed by atoms with Crippen LogP contribution in [0.25, 0.3) is 6.08 Å². The fraction of sp³-hybridized carbons (Fsp3) is 0.125. The van der Waals surface area contributed by atoms with Gasteiger partial charge in [0.25, 0.3) is 0 Å². The molecule has 0 atom stereocenters. The van der Waals surface area contributed by atoms with Gasteiger partial charge < -0.3 is 4.74 Å². The highest BCUT2D eigenvalue weighted by molar-refractivity contribution is 7.91. The van der Waals surface area contributed by atoms with Crippen LogP contribution in [0, 0.1) is 0 Å². The molecule has 0 aliphatic rings. The van der Waals surface area contributed by atoms with E-state index in [0.29, 0.717) is 10.6 Å². The summed E-state index contributed by atoms with van der Waals surface area (Å²) < 4.78 is 29.3. The van der Waals surface area contributed by atoms with Crippen molar-refractivity contribution in [1.82, 2.24) is 0 Å². The largest absolute Gasteiger partial charge is 0.497 e. The predicted octanol–water partition coefficient (Wildman–Crippen LogP) is 3.18. The highest BCUT2D eigenvalue weighted by Crippen LogP contribution is 2.17. The van der Waals surface area contributed by atoms with Gasteiger partial charge in [0.15, 0.2) is 9.84 Å². The van der Waals surface area contributed by atoms with Gasteiger partial charge in [-0.25, -0.2) is 8.42 Å². The van der Waals surface area contributed by atoms with Crippen LogP contribution < -0.4 is 4.74 Å². The van der Waals surface area contributed by atoms with E-state index in [2.05, 4.69) is 0 Å². The molecule has 104 valence electrons. The third kappa shape index (κ3) is 3.71. The third-order valence-electron chi connectivity index (χ3n) is 2.84. The molecule has 0 spiro atoms. The maximum Gasteiger partial charge on any atom is 0.181 e. The number of ether oxygens (including phenoxy) is 1. The summed E-state index contributed by atoms with van der Waals surface area (Å²) in [5, 5.41) is 0. The molecule has 4 heteroatoms. The number of methoxy groups -OCH3 is 1. The van der Waals surface area contributed by atoms with Crippen molar-refractivity contribution in [3.8, 4) is 5.75 Å². The smallest absolute Gasteiger partial charge is 0.181 e. The number of sulfone groups is 1. The highest BCUT2D eigenvalue weighted by atomic mass is 32.2. The Morgan fingerprint density at radius 1 is 1.00 bits per heavy atom. The van der Waals surface area contributed by atoms with E-state index in [-0.39, 0.29) is 5.75 Å². The summed E-state index contributed by atoms with van der Waals surface area (Å²) in [5.41, 5.74) is 0.984. The van der Waals surface area contributed by atoms with Crippen LogP contribution in [0.4, 0.5) is 0 Å². The van der Waals surface area contributed by atoms with Gasteiger partial charge in [-0.3, -0.25) is 0 Å². The molecule has 0 aliphatic heterocycles. The minimum absolute atomic E-state index is 0.0196. The molecule has 0 unspecified atom stereocenters. The first-order chi connectivity index (χ1) is 9.62. The molecule has 0 heterocycles. The SMILES string of the molecule is COc1ccc(S(=O)(=O)C/C=C/c2ccccc2)cc1. The lowest BCUT2D eigenvalue weighted by molar-refractivity contribution is 0.414. The topological polar surface area (TPSA) is 43.4 Å². The molecule has 0 saturated carbocycles. The molecule has 0 N–H and O–H groups in total. The van der Waals surface area contributed by atoms with E-state index >= 15 is 0 Å². The summed E-state index contributed by atoms with van der Waals surface area (Å²) >= 11 is 0. The molecular weight excluding hydrogens is 272 g/mol. The Morgan fingerprint density at radius 2 is 1.65 bits per heavy atom. The maximum absolute atomic E-state index is 12.1. The number of benzene rings is 2. The maximum atomic E-state index is 12.1. The Bertz CT molecular complexity index is 671. The molecular formula is C16H16O3S. The van der Waals surface area contributed by atoms with Crippen LogP contribution in [0.5, 0.6) is 5.75 Å². The van der Waals surface area contributed by atoms with Crippen LogP contribution in [0.15, 0.2) is 65.6 Å². The molecule has 2 rings (SSSR count). The highest BCUT2D eigenvalue weighted by Gasteiger charge is 2.12. The molecule has 0 saturated heterocycles. The van der Waals surface area contributed by atoms with Crippen molar-refractivity contribution in [3.63, 3.8) is 0 Å². The molecule has 20 heavy (non-hydrogen) atoms. The number of rotatable bonds is 5. The second-order valence-corrected chi connectivity index (χ2v) is 6.30. The molecule has 2 aromatic carbocycles. The van der Waals surface area contributed by atoms with Gasteiger partial charge >= 0.3 is 0 Å². The average molecular weight is 288 g/mol. The minimum Gasteiger partial charge on any atom is -0.497 e.